The summed E-state index contributed by atoms with van der Waals surface area (Å²) in [6, 6.07) is 0. The smallest absolute Gasteiger partial charge is 0.242 e. The number of nitrogens with zero attached hydrogens (tertiary/aromatic N) is 3. The van der Waals surface area contributed by atoms with E-state index in [2.05, 4.69) is 24.1 Å². The van der Waals surface area contributed by atoms with Crippen molar-refractivity contribution in [1.29, 1.82) is 0 Å². The van der Waals surface area contributed by atoms with Crippen LogP contribution in [-0.4, -0.2) is 40.5 Å². The molecule has 0 fully saturated rings. The predicted molar refractivity (Wildman–Crippen MR) is 72.2 cm³/mol. The second-order valence-electron chi connectivity index (χ2n) is 4.85. The van der Waals surface area contributed by atoms with Gasteiger partial charge in [0.15, 0.2) is 0 Å². The van der Waals surface area contributed by atoms with Crippen LogP contribution in [0.1, 0.15) is 33.4 Å². The minimum atomic E-state index is -0.194. The van der Waals surface area contributed by atoms with E-state index in [4.69, 9.17) is 0 Å². The monoisotopic (exact) mass is 252 g/mol. The molecule has 18 heavy (non-hydrogen) atoms. The minimum Gasteiger partial charge on any atom is -0.342 e. The van der Waals surface area contributed by atoms with Gasteiger partial charge in [-0.15, -0.1) is 0 Å². The lowest BCUT2D eigenvalue weighted by molar-refractivity contribution is -0.131. The zero-order valence-corrected chi connectivity index (χ0v) is 12.0. The van der Waals surface area contributed by atoms with E-state index in [1.54, 1.807) is 6.33 Å². The van der Waals surface area contributed by atoms with E-state index in [0.29, 0.717) is 6.54 Å². The average Bonchev–Trinajstić information content (AvgIpc) is 2.79. The summed E-state index contributed by atoms with van der Waals surface area (Å²) in [7, 11) is 1.91. The van der Waals surface area contributed by atoms with Gasteiger partial charge in [-0.3, -0.25) is 4.79 Å². The molecule has 0 aliphatic heterocycles. The van der Waals surface area contributed by atoms with Gasteiger partial charge in [-0.25, -0.2) is 4.98 Å². The molecule has 1 amide bonds. The van der Waals surface area contributed by atoms with Crippen LogP contribution >= 0.6 is 0 Å². The Kier molecular flexibility index (Phi) is 4.90. The molecule has 1 heterocycles. The Hall–Kier alpha value is -1.36. The fourth-order valence-electron chi connectivity index (χ4n) is 1.92. The molecule has 102 valence electrons. The Morgan fingerprint density at radius 1 is 1.44 bits per heavy atom. The van der Waals surface area contributed by atoms with Crippen LogP contribution in [0, 0.1) is 0 Å². The highest BCUT2D eigenvalue weighted by atomic mass is 16.2. The molecular weight excluding hydrogens is 228 g/mol. The second-order valence-corrected chi connectivity index (χ2v) is 4.85. The van der Waals surface area contributed by atoms with Crippen molar-refractivity contribution in [1.82, 2.24) is 19.8 Å². The maximum atomic E-state index is 12.1. The van der Waals surface area contributed by atoms with Gasteiger partial charge in [-0.2, -0.15) is 0 Å². The first-order valence-corrected chi connectivity index (χ1v) is 6.43. The van der Waals surface area contributed by atoms with Crippen molar-refractivity contribution in [2.24, 2.45) is 0 Å². The van der Waals surface area contributed by atoms with E-state index < -0.39 is 0 Å². The van der Waals surface area contributed by atoms with Crippen molar-refractivity contribution in [3.05, 3.63) is 18.2 Å². The summed E-state index contributed by atoms with van der Waals surface area (Å²) < 4.78 is 1.91. The highest BCUT2D eigenvalue weighted by Crippen LogP contribution is 2.18. The van der Waals surface area contributed by atoms with Gasteiger partial charge < -0.3 is 14.8 Å². The molecular formula is C13H24N4O. The molecule has 0 aliphatic carbocycles. The molecule has 0 aliphatic rings. The van der Waals surface area contributed by atoms with Crippen LogP contribution in [0.15, 0.2) is 12.5 Å². The van der Waals surface area contributed by atoms with E-state index >= 15 is 0 Å². The largest absolute Gasteiger partial charge is 0.342 e. The van der Waals surface area contributed by atoms with Crippen LogP contribution in [0.25, 0.3) is 0 Å². The van der Waals surface area contributed by atoms with Crippen LogP contribution in [0.3, 0.4) is 0 Å². The van der Waals surface area contributed by atoms with Gasteiger partial charge in [0.25, 0.3) is 0 Å². The molecule has 0 radical (unpaired) electrons. The van der Waals surface area contributed by atoms with Crippen molar-refractivity contribution in [3.8, 4) is 0 Å². The summed E-state index contributed by atoms with van der Waals surface area (Å²) in [5.41, 5.74) is 0.825. The number of carbonyl (C=O) groups excluding carboxylic acids is 1. The van der Waals surface area contributed by atoms with Crippen LogP contribution in [0.5, 0.6) is 0 Å². The number of rotatable bonds is 6. The van der Waals surface area contributed by atoms with Gasteiger partial charge in [0.2, 0.25) is 5.91 Å². The van der Waals surface area contributed by atoms with E-state index in [-0.39, 0.29) is 11.4 Å². The summed E-state index contributed by atoms with van der Waals surface area (Å²) >= 11 is 0. The molecule has 0 spiro atoms. The van der Waals surface area contributed by atoms with Crippen LogP contribution in [0.4, 0.5) is 0 Å². The summed E-state index contributed by atoms with van der Waals surface area (Å²) in [4.78, 5) is 18.1. The number of likely N-dealkylation sites (N-methyl/N-ethyl adjacent to an activating group) is 1. The molecule has 5 heteroatoms. The van der Waals surface area contributed by atoms with Gasteiger partial charge >= 0.3 is 0 Å². The molecule has 0 saturated heterocycles. The van der Waals surface area contributed by atoms with E-state index in [0.717, 1.165) is 18.8 Å². The normalized spacial score (nSPS) is 11.6. The average molecular weight is 252 g/mol. The zero-order chi connectivity index (χ0) is 13.8. The van der Waals surface area contributed by atoms with Crippen molar-refractivity contribution in [2.75, 3.05) is 20.1 Å². The van der Waals surface area contributed by atoms with Gasteiger partial charge in [0.05, 0.1) is 23.8 Å². The van der Waals surface area contributed by atoms with Crippen LogP contribution in [0.2, 0.25) is 0 Å². The lowest BCUT2D eigenvalue weighted by Crippen LogP contribution is -2.38. The van der Waals surface area contributed by atoms with E-state index in [1.807, 2.05) is 36.6 Å². The topological polar surface area (TPSA) is 50.2 Å². The van der Waals surface area contributed by atoms with Crippen molar-refractivity contribution in [2.45, 2.75) is 39.8 Å². The number of imidazole rings is 1. The summed E-state index contributed by atoms with van der Waals surface area (Å²) in [6.45, 7) is 9.97. The molecule has 0 saturated carbocycles. The van der Waals surface area contributed by atoms with Crippen molar-refractivity contribution < 1.29 is 4.79 Å². The molecule has 0 atom stereocenters. The predicted octanol–water partition coefficient (Wildman–Crippen LogP) is 1.21. The first-order valence-electron chi connectivity index (χ1n) is 6.43. The zero-order valence-electron chi connectivity index (χ0n) is 12.0. The first-order chi connectivity index (χ1) is 8.46. The fraction of sp³-hybridized carbons (Fsp3) is 0.692. The Morgan fingerprint density at radius 2 is 2.06 bits per heavy atom. The molecule has 0 aromatic carbocycles. The molecule has 1 aromatic heterocycles. The van der Waals surface area contributed by atoms with E-state index in [9.17, 15) is 4.79 Å². The maximum Gasteiger partial charge on any atom is 0.242 e. The summed E-state index contributed by atoms with van der Waals surface area (Å²) in [6.07, 6.45) is 3.53. The summed E-state index contributed by atoms with van der Waals surface area (Å²) in [5.74, 6) is 0.131. The minimum absolute atomic E-state index is 0.131. The third kappa shape index (κ3) is 3.10. The Balaban J connectivity index is 2.87. The Morgan fingerprint density at radius 3 is 2.56 bits per heavy atom. The number of hydrogen-bond donors (Lipinski definition) is 1. The van der Waals surface area contributed by atoms with E-state index in [1.165, 1.54) is 0 Å². The van der Waals surface area contributed by atoms with Gasteiger partial charge in [0, 0.05) is 13.1 Å². The molecule has 0 unspecified atom stereocenters. The fourth-order valence-corrected chi connectivity index (χ4v) is 1.92. The third-order valence-electron chi connectivity index (χ3n) is 3.40. The van der Waals surface area contributed by atoms with Crippen molar-refractivity contribution >= 4 is 5.91 Å². The number of carbonyl (C=O) groups is 1. The van der Waals surface area contributed by atoms with Gasteiger partial charge in [-0.05, 0) is 34.7 Å². The Bertz CT molecular complexity index is 393. The molecule has 1 rings (SSSR count). The molecule has 0 bridgehead atoms. The molecule has 1 N–H and O–H groups in total. The number of aromatic nitrogens is 2. The second kappa shape index (κ2) is 6.00. The number of hydrogen-bond acceptors (Lipinski definition) is 3. The summed E-state index contributed by atoms with van der Waals surface area (Å²) in [5, 5.41) is 3.23. The Labute approximate surface area is 109 Å². The highest BCUT2D eigenvalue weighted by Gasteiger charge is 2.23. The quantitative estimate of drug-likeness (QED) is 0.828. The standard InChI is InChI=1S/C13H24N4O/c1-6-16(7-2)12(18)9-17-10-15-8-11(17)13(3,4)14-5/h8,10,14H,6-7,9H2,1-5H3. The van der Waals surface area contributed by atoms with Crippen LogP contribution < -0.4 is 5.32 Å². The first kappa shape index (κ1) is 14.7. The molecule has 1 aromatic rings. The van der Waals surface area contributed by atoms with Crippen LogP contribution in [-0.2, 0) is 16.9 Å². The van der Waals surface area contributed by atoms with Gasteiger partial charge in [-0.1, -0.05) is 0 Å². The SMILES string of the molecule is CCN(CC)C(=O)Cn1cncc1C(C)(C)NC. The molecule has 5 nitrogen and oxygen atoms in total. The third-order valence-corrected chi connectivity index (χ3v) is 3.40. The number of amides is 1. The number of nitrogens with one attached hydrogen (secondary N) is 1. The lowest BCUT2D eigenvalue weighted by Gasteiger charge is -2.26. The lowest BCUT2D eigenvalue weighted by atomic mass is 10.0. The van der Waals surface area contributed by atoms with Gasteiger partial charge in [0.1, 0.15) is 6.54 Å². The maximum absolute atomic E-state index is 12.1. The highest BCUT2D eigenvalue weighted by molar-refractivity contribution is 5.76. The van der Waals surface area contributed by atoms with Crippen molar-refractivity contribution in [3.63, 3.8) is 0 Å².